The fourth-order valence-corrected chi connectivity index (χ4v) is 0.447. The third-order valence-electron chi connectivity index (χ3n) is 1.57. The molecule has 8 heteroatoms. The van der Waals surface area contributed by atoms with Crippen molar-refractivity contribution in [3.8, 4) is 0 Å². The number of carbonyl (C=O) groups excluding carboxylic acids is 2. The molecule has 0 aromatic carbocycles. The van der Waals surface area contributed by atoms with E-state index in [9.17, 15) is 19.2 Å². The zero-order valence-corrected chi connectivity index (χ0v) is 13.1. The largest absolute Gasteiger partial charge is 0.478 e. The Labute approximate surface area is 134 Å². The topological polar surface area (TPSA) is 161 Å². The molecule has 0 spiro atoms. The predicted molar refractivity (Wildman–Crippen MR) is 86.2 cm³/mol. The van der Waals surface area contributed by atoms with Crippen LogP contribution in [0.2, 0.25) is 0 Å². The van der Waals surface area contributed by atoms with Gasteiger partial charge in [0.2, 0.25) is 11.8 Å². The van der Waals surface area contributed by atoms with Crippen LogP contribution in [-0.2, 0) is 19.2 Å². The van der Waals surface area contributed by atoms with Gasteiger partial charge in [0.15, 0.2) is 0 Å². The summed E-state index contributed by atoms with van der Waals surface area (Å²) in [6.45, 7) is 9.20. The first-order chi connectivity index (χ1) is 10.4. The smallest absolute Gasteiger partial charge is 0.330 e. The van der Waals surface area contributed by atoms with Crippen LogP contribution in [0.5, 0.6) is 0 Å². The van der Waals surface area contributed by atoms with Gasteiger partial charge in [0.25, 0.3) is 0 Å². The Balaban J connectivity index is -0.000000284. The number of aliphatic carboxylic acids is 2. The SMILES string of the molecule is C=C(C)C(=O)O.C=C(C)C(=O)O.NC(=O)C=CCC=CC(N)=O. The Hall–Kier alpha value is -3.16. The zero-order chi connectivity index (χ0) is 19.0. The number of amides is 2. The van der Waals surface area contributed by atoms with Crippen molar-refractivity contribution in [1.29, 1.82) is 0 Å². The lowest BCUT2D eigenvalue weighted by molar-refractivity contribution is -0.133. The van der Waals surface area contributed by atoms with Gasteiger partial charge in [-0.05, 0) is 32.4 Å². The van der Waals surface area contributed by atoms with Gasteiger partial charge in [-0.15, -0.1) is 0 Å². The van der Waals surface area contributed by atoms with E-state index in [1.54, 1.807) is 12.2 Å². The Morgan fingerprint density at radius 2 is 1.04 bits per heavy atom. The van der Waals surface area contributed by atoms with Crippen molar-refractivity contribution in [2.75, 3.05) is 0 Å². The van der Waals surface area contributed by atoms with Crippen LogP contribution in [0, 0.1) is 0 Å². The summed E-state index contributed by atoms with van der Waals surface area (Å²) >= 11 is 0. The van der Waals surface area contributed by atoms with E-state index in [4.69, 9.17) is 21.7 Å². The van der Waals surface area contributed by atoms with Crippen LogP contribution in [0.3, 0.4) is 0 Å². The van der Waals surface area contributed by atoms with Gasteiger partial charge in [-0.2, -0.15) is 0 Å². The van der Waals surface area contributed by atoms with Crippen molar-refractivity contribution in [1.82, 2.24) is 0 Å². The van der Waals surface area contributed by atoms with Crippen LogP contribution in [0.15, 0.2) is 48.6 Å². The van der Waals surface area contributed by atoms with Crippen LogP contribution < -0.4 is 11.5 Å². The highest BCUT2D eigenvalue weighted by atomic mass is 16.4. The van der Waals surface area contributed by atoms with Gasteiger partial charge in [-0.3, -0.25) is 9.59 Å². The van der Waals surface area contributed by atoms with Gasteiger partial charge >= 0.3 is 11.9 Å². The molecular formula is C15H22N2O6. The summed E-state index contributed by atoms with van der Waals surface area (Å²) < 4.78 is 0. The molecule has 0 bridgehead atoms. The minimum Gasteiger partial charge on any atom is -0.478 e. The van der Waals surface area contributed by atoms with E-state index in [0.29, 0.717) is 6.42 Å². The molecule has 0 saturated heterocycles. The Morgan fingerprint density at radius 1 is 0.826 bits per heavy atom. The van der Waals surface area contributed by atoms with E-state index in [2.05, 4.69) is 13.2 Å². The van der Waals surface area contributed by atoms with Crippen LogP contribution in [-0.4, -0.2) is 34.0 Å². The van der Waals surface area contributed by atoms with Crippen molar-refractivity contribution in [3.63, 3.8) is 0 Å². The molecular weight excluding hydrogens is 304 g/mol. The number of hydrogen-bond donors (Lipinski definition) is 4. The van der Waals surface area contributed by atoms with Crippen molar-refractivity contribution in [3.05, 3.63) is 48.6 Å². The summed E-state index contributed by atoms with van der Waals surface area (Å²) in [6.07, 6.45) is 6.02. The van der Waals surface area contributed by atoms with Crippen LogP contribution in [0.1, 0.15) is 20.3 Å². The number of carbonyl (C=O) groups is 4. The highest BCUT2D eigenvalue weighted by Crippen LogP contribution is 1.84. The standard InChI is InChI=1S/C7H10N2O2.2C4H6O2/c8-6(10)4-2-1-3-5-7(9)11;2*1-3(2)4(5)6/h2-5H,1H2,(H2,8,10)(H2,9,11);2*1H2,2H3,(H,5,6). The molecule has 0 atom stereocenters. The van der Waals surface area contributed by atoms with Gasteiger partial charge in [0, 0.05) is 11.1 Å². The summed E-state index contributed by atoms with van der Waals surface area (Å²) in [6, 6.07) is 0. The summed E-state index contributed by atoms with van der Waals surface area (Å²) in [5, 5.41) is 15.8. The van der Waals surface area contributed by atoms with Crippen LogP contribution >= 0.6 is 0 Å². The number of allylic oxidation sites excluding steroid dienone is 2. The summed E-state index contributed by atoms with van der Waals surface area (Å²) in [5.74, 6) is -2.88. The Morgan fingerprint density at radius 3 is 1.17 bits per heavy atom. The van der Waals surface area contributed by atoms with Crippen molar-refractivity contribution >= 4 is 23.8 Å². The number of carboxylic acid groups (broad SMARTS) is 2. The molecule has 23 heavy (non-hydrogen) atoms. The molecule has 0 aromatic heterocycles. The maximum atomic E-state index is 10.1. The number of primary amides is 2. The first-order valence-electron chi connectivity index (χ1n) is 6.11. The van der Waals surface area contributed by atoms with Crippen molar-refractivity contribution in [2.45, 2.75) is 20.3 Å². The molecule has 0 heterocycles. The Kier molecular flexibility index (Phi) is 16.4. The first kappa shape index (κ1) is 24.8. The third-order valence-corrected chi connectivity index (χ3v) is 1.57. The second kappa shape index (κ2) is 15.2. The van der Waals surface area contributed by atoms with Gasteiger partial charge in [0.1, 0.15) is 0 Å². The molecule has 0 aromatic rings. The second-order valence-corrected chi connectivity index (χ2v) is 4.02. The fraction of sp³-hybridized carbons (Fsp3) is 0.200. The van der Waals surface area contributed by atoms with Crippen LogP contribution in [0.4, 0.5) is 0 Å². The molecule has 0 radical (unpaired) electrons. The minimum atomic E-state index is -0.935. The highest BCUT2D eigenvalue weighted by Gasteiger charge is 1.90. The van der Waals surface area contributed by atoms with E-state index in [-0.39, 0.29) is 11.1 Å². The van der Waals surface area contributed by atoms with Crippen LogP contribution in [0.25, 0.3) is 0 Å². The molecule has 0 unspecified atom stereocenters. The molecule has 0 aliphatic heterocycles. The number of nitrogens with two attached hydrogens (primary N) is 2. The quantitative estimate of drug-likeness (QED) is 0.527. The second-order valence-electron chi connectivity index (χ2n) is 4.02. The van der Waals surface area contributed by atoms with E-state index in [1.807, 2.05) is 0 Å². The Bertz CT molecular complexity index is 448. The monoisotopic (exact) mass is 326 g/mol. The first-order valence-corrected chi connectivity index (χ1v) is 6.11. The molecule has 0 rings (SSSR count). The van der Waals surface area contributed by atoms with E-state index < -0.39 is 23.8 Å². The maximum Gasteiger partial charge on any atom is 0.330 e. The average Bonchev–Trinajstić information content (AvgIpc) is 2.38. The molecule has 0 fully saturated rings. The van der Waals surface area contributed by atoms with Gasteiger partial charge in [-0.1, -0.05) is 25.3 Å². The average molecular weight is 326 g/mol. The summed E-state index contributed by atoms with van der Waals surface area (Å²) in [4.78, 5) is 39.4. The zero-order valence-electron chi connectivity index (χ0n) is 13.1. The molecule has 6 N–H and O–H groups in total. The predicted octanol–water partition coefficient (Wildman–Crippen LogP) is 0.754. The van der Waals surface area contributed by atoms with Gasteiger partial charge in [0.05, 0.1) is 0 Å². The summed E-state index contributed by atoms with van der Waals surface area (Å²) in [5.41, 5.74) is 9.94. The minimum absolute atomic E-state index is 0.176. The highest BCUT2D eigenvalue weighted by molar-refractivity contribution is 5.86. The third kappa shape index (κ3) is 32.4. The van der Waals surface area contributed by atoms with E-state index in [1.165, 1.54) is 26.0 Å². The van der Waals surface area contributed by atoms with Crippen molar-refractivity contribution < 1.29 is 29.4 Å². The molecule has 0 aliphatic rings. The molecule has 0 aliphatic carbocycles. The fourth-order valence-electron chi connectivity index (χ4n) is 0.447. The molecule has 128 valence electrons. The van der Waals surface area contributed by atoms with E-state index >= 15 is 0 Å². The van der Waals surface area contributed by atoms with Gasteiger partial charge < -0.3 is 21.7 Å². The maximum absolute atomic E-state index is 10.1. The van der Waals surface area contributed by atoms with E-state index in [0.717, 1.165) is 0 Å². The molecule has 2 amide bonds. The lowest BCUT2D eigenvalue weighted by Crippen LogP contribution is -2.05. The van der Waals surface area contributed by atoms with Gasteiger partial charge in [-0.25, -0.2) is 9.59 Å². The molecule has 8 nitrogen and oxygen atoms in total. The number of hydrogen-bond acceptors (Lipinski definition) is 4. The molecule has 0 saturated carbocycles. The number of carboxylic acids is 2. The lowest BCUT2D eigenvalue weighted by Gasteiger charge is -1.80. The number of rotatable bonds is 6. The summed E-state index contributed by atoms with van der Waals surface area (Å²) in [7, 11) is 0. The normalized spacial score (nSPS) is 9.13. The lowest BCUT2D eigenvalue weighted by atomic mass is 10.3. The van der Waals surface area contributed by atoms with Crippen molar-refractivity contribution in [2.24, 2.45) is 11.5 Å².